The van der Waals surface area contributed by atoms with Gasteiger partial charge in [0.2, 0.25) is 0 Å². The number of nitrogens with zero attached hydrogens (tertiary/aromatic N) is 2. The minimum atomic E-state index is 0.711. The molecule has 0 fully saturated rings. The topological polar surface area (TPSA) is 25.8 Å². The lowest BCUT2D eigenvalue weighted by Gasteiger charge is -2.13. The van der Waals surface area contributed by atoms with Crippen LogP contribution < -0.4 is 0 Å². The van der Waals surface area contributed by atoms with Gasteiger partial charge < -0.3 is 0 Å². The zero-order chi connectivity index (χ0) is 37.3. The maximum Gasteiger partial charge on any atom is 0.160 e. The summed E-state index contributed by atoms with van der Waals surface area (Å²) < 4.78 is 0. The van der Waals surface area contributed by atoms with E-state index in [2.05, 4.69) is 212 Å². The van der Waals surface area contributed by atoms with Gasteiger partial charge in [-0.25, -0.2) is 9.97 Å². The third kappa shape index (κ3) is 6.44. The fourth-order valence-electron chi connectivity index (χ4n) is 7.81. The highest BCUT2D eigenvalue weighted by Gasteiger charge is 2.14. The highest BCUT2D eigenvalue weighted by molar-refractivity contribution is 5.97. The van der Waals surface area contributed by atoms with Crippen molar-refractivity contribution in [2.75, 3.05) is 0 Å². The van der Waals surface area contributed by atoms with Gasteiger partial charge in [-0.2, -0.15) is 0 Å². The molecule has 0 amide bonds. The van der Waals surface area contributed by atoms with E-state index in [1.807, 2.05) is 6.07 Å². The molecule has 2 nitrogen and oxygen atoms in total. The summed E-state index contributed by atoms with van der Waals surface area (Å²) >= 11 is 0. The predicted octanol–water partition coefficient (Wildman–Crippen LogP) is 14.5. The fraction of sp³-hybridized carbons (Fsp3) is 0. The van der Waals surface area contributed by atoms with Crippen molar-refractivity contribution in [2.45, 2.75) is 0 Å². The molecule has 0 radical (unpaired) electrons. The quantitative estimate of drug-likeness (QED) is 0.164. The molecular formula is C54H36N2. The van der Waals surface area contributed by atoms with Crippen LogP contribution in [0.3, 0.4) is 0 Å². The molecule has 10 rings (SSSR count). The average Bonchev–Trinajstić information content (AvgIpc) is 3.29. The molecule has 0 atom stereocenters. The van der Waals surface area contributed by atoms with Gasteiger partial charge in [0.1, 0.15) is 0 Å². The smallest absolute Gasteiger partial charge is 0.160 e. The van der Waals surface area contributed by atoms with Crippen LogP contribution in [0.1, 0.15) is 0 Å². The summed E-state index contributed by atoms with van der Waals surface area (Å²) in [6.07, 6.45) is 0. The van der Waals surface area contributed by atoms with Crippen molar-refractivity contribution < 1.29 is 0 Å². The lowest BCUT2D eigenvalue weighted by molar-refractivity contribution is 1.23. The molecule has 9 aromatic carbocycles. The predicted molar refractivity (Wildman–Crippen MR) is 235 cm³/mol. The Morgan fingerprint density at radius 1 is 0.250 bits per heavy atom. The van der Waals surface area contributed by atoms with Crippen LogP contribution in [0, 0.1) is 0 Å². The van der Waals surface area contributed by atoms with Crippen molar-refractivity contribution in [1.82, 2.24) is 9.97 Å². The summed E-state index contributed by atoms with van der Waals surface area (Å²) in [6.45, 7) is 0. The molecule has 0 bridgehead atoms. The first-order valence-electron chi connectivity index (χ1n) is 19.1. The van der Waals surface area contributed by atoms with Crippen LogP contribution in [-0.4, -0.2) is 9.97 Å². The van der Waals surface area contributed by atoms with E-state index in [1.165, 1.54) is 55.3 Å². The van der Waals surface area contributed by atoms with Crippen molar-refractivity contribution in [3.05, 3.63) is 218 Å². The fourth-order valence-corrected chi connectivity index (χ4v) is 7.81. The van der Waals surface area contributed by atoms with Crippen LogP contribution in [0.5, 0.6) is 0 Å². The zero-order valence-corrected chi connectivity index (χ0v) is 30.7. The lowest BCUT2D eigenvalue weighted by atomic mass is 9.92. The molecule has 56 heavy (non-hydrogen) atoms. The molecule has 0 saturated carbocycles. The maximum atomic E-state index is 5.26. The standard InChI is InChI=1S/C54H36N2/c1-3-14-37(15-4-1)46-34-47(38-16-5-2-6-17-38)36-48(35-46)44-22-11-20-42(32-44)43-21-12-23-45(33-43)53-51-25-9-10-27-52(51)55-54(56-53)41-30-28-40(29-31-41)50-26-13-19-39-18-7-8-24-49(39)50/h1-36H. The van der Waals surface area contributed by atoms with E-state index in [1.54, 1.807) is 0 Å². The van der Waals surface area contributed by atoms with E-state index in [4.69, 9.17) is 9.97 Å². The van der Waals surface area contributed by atoms with Crippen LogP contribution >= 0.6 is 0 Å². The second-order valence-electron chi connectivity index (χ2n) is 14.2. The molecule has 0 unspecified atom stereocenters. The molecule has 0 aliphatic carbocycles. The van der Waals surface area contributed by atoms with Gasteiger partial charge in [0.15, 0.2) is 5.82 Å². The second-order valence-corrected chi connectivity index (χ2v) is 14.2. The van der Waals surface area contributed by atoms with E-state index in [0.717, 1.165) is 38.9 Å². The molecule has 262 valence electrons. The lowest BCUT2D eigenvalue weighted by Crippen LogP contribution is -1.95. The first-order valence-corrected chi connectivity index (χ1v) is 19.1. The Kier molecular flexibility index (Phi) is 8.55. The first-order chi connectivity index (χ1) is 27.7. The highest BCUT2D eigenvalue weighted by Crippen LogP contribution is 2.37. The van der Waals surface area contributed by atoms with Gasteiger partial charge in [-0.15, -0.1) is 0 Å². The maximum absolute atomic E-state index is 5.26. The van der Waals surface area contributed by atoms with Crippen LogP contribution in [0.15, 0.2) is 218 Å². The normalized spacial score (nSPS) is 11.2. The summed E-state index contributed by atoms with van der Waals surface area (Å²) in [4.78, 5) is 10.3. The Morgan fingerprint density at radius 2 is 0.696 bits per heavy atom. The SMILES string of the molecule is c1ccc(-c2cc(-c3ccccc3)cc(-c3cccc(-c4cccc(-c5nc(-c6ccc(-c7cccc8ccccc78)cc6)nc6ccccc56)c4)c3)c2)cc1. The number of para-hydroxylation sites is 1. The number of rotatable bonds is 7. The Hall–Kier alpha value is -7.42. The van der Waals surface area contributed by atoms with E-state index in [0.29, 0.717) is 5.82 Å². The number of benzene rings is 9. The van der Waals surface area contributed by atoms with Crippen molar-refractivity contribution >= 4 is 21.7 Å². The molecule has 10 aromatic rings. The number of hydrogen-bond acceptors (Lipinski definition) is 2. The van der Waals surface area contributed by atoms with Crippen LogP contribution in [0.2, 0.25) is 0 Å². The van der Waals surface area contributed by atoms with Gasteiger partial charge in [0.05, 0.1) is 11.2 Å². The van der Waals surface area contributed by atoms with Crippen LogP contribution in [-0.2, 0) is 0 Å². The minimum absolute atomic E-state index is 0.711. The van der Waals surface area contributed by atoms with Crippen molar-refractivity contribution in [3.8, 4) is 78.3 Å². The van der Waals surface area contributed by atoms with Gasteiger partial charge in [0, 0.05) is 16.5 Å². The Morgan fingerprint density at radius 3 is 1.38 bits per heavy atom. The summed E-state index contributed by atoms with van der Waals surface area (Å²) in [5.41, 5.74) is 15.7. The highest BCUT2D eigenvalue weighted by atomic mass is 14.9. The van der Waals surface area contributed by atoms with Gasteiger partial charge >= 0.3 is 0 Å². The Balaban J connectivity index is 1.03. The van der Waals surface area contributed by atoms with Gasteiger partial charge in [-0.1, -0.05) is 182 Å². The van der Waals surface area contributed by atoms with Gasteiger partial charge in [-0.05, 0) is 103 Å². The summed E-state index contributed by atoms with van der Waals surface area (Å²) in [7, 11) is 0. The molecule has 0 N–H and O–H groups in total. The number of aromatic nitrogens is 2. The monoisotopic (exact) mass is 712 g/mol. The Labute approximate surface area is 327 Å². The minimum Gasteiger partial charge on any atom is -0.228 e. The van der Waals surface area contributed by atoms with E-state index in [-0.39, 0.29) is 0 Å². The summed E-state index contributed by atoms with van der Waals surface area (Å²) in [5, 5.41) is 3.51. The van der Waals surface area contributed by atoms with Crippen molar-refractivity contribution in [1.29, 1.82) is 0 Å². The molecule has 0 aliphatic heterocycles. The molecule has 2 heteroatoms. The van der Waals surface area contributed by atoms with Crippen molar-refractivity contribution in [3.63, 3.8) is 0 Å². The number of fused-ring (bicyclic) bond motifs is 2. The average molecular weight is 713 g/mol. The molecule has 0 aliphatic rings. The second kappa shape index (κ2) is 14.4. The van der Waals surface area contributed by atoms with Crippen LogP contribution in [0.25, 0.3) is 100.0 Å². The van der Waals surface area contributed by atoms with Crippen molar-refractivity contribution in [2.24, 2.45) is 0 Å². The summed E-state index contributed by atoms with van der Waals surface area (Å²) in [6, 6.07) is 77.8. The van der Waals surface area contributed by atoms with Crippen LogP contribution in [0.4, 0.5) is 0 Å². The zero-order valence-electron chi connectivity index (χ0n) is 30.7. The Bertz CT molecular complexity index is 2940. The largest absolute Gasteiger partial charge is 0.228 e. The molecular weight excluding hydrogens is 677 g/mol. The molecule has 0 saturated heterocycles. The third-order valence-electron chi connectivity index (χ3n) is 10.7. The first kappa shape index (κ1) is 33.2. The van der Waals surface area contributed by atoms with E-state index < -0.39 is 0 Å². The number of hydrogen-bond donors (Lipinski definition) is 0. The third-order valence-corrected chi connectivity index (χ3v) is 10.7. The molecule has 0 spiro atoms. The summed E-state index contributed by atoms with van der Waals surface area (Å²) in [5.74, 6) is 0.711. The van der Waals surface area contributed by atoms with E-state index >= 15 is 0 Å². The van der Waals surface area contributed by atoms with Gasteiger partial charge in [0.25, 0.3) is 0 Å². The van der Waals surface area contributed by atoms with E-state index in [9.17, 15) is 0 Å². The molecule has 1 aromatic heterocycles. The molecule has 1 heterocycles. The van der Waals surface area contributed by atoms with Gasteiger partial charge in [-0.3, -0.25) is 0 Å².